The lowest BCUT2D eigenvalue weighted by Crippen LogP contribution is -2.49. The Kier molecular flexibility index (Phi) is 4.87. The van der Waals surface area contributed by atoms with Crippen molar-refractivity contribution in [1.29, 1.82) is 0 Å². The molecule has 0 aliphatic heterocycles. The summed E-state index contributed by atoms with van der Waals surface area (Å²) in [7, 11) is 1.51. The molecule has 0 spiro atoms. The molecular formula is C18H30F2O. The molecular weight excluding hydrogens is 270 g/mol. The van der Waals surface area contributed by atoms with E-state index >= 15 is 0 Å². The first-order valence-electron chi connectivity index (χ1n) is 8.91. The minimum Gasteiger partial charge on any atom is -0.378 e. The van der Waals surface area contributed by atoms with Crippen molar-refractivity contribution in [1.82, 2.24) is 0 Å². The van der Waals surface area contributed by atoms with Gasteiger partial charge in [0.1, 0.15) is 6.17 Å². The van der Waals surface area contributed by atoms with E-state index in [1.54, 1.807) is 0 Å². The largest absolute Gasteiger partial charge is 0.378 e. The number of hydrogen-bond acceptors (Lipinski definition) is 1. The quantitative estimate of drug-likeness (QED) is 0.702. The van der Waals surface area contributed by atoms with Crippen molar-refractivity contribution in [2.45, 2.75) is 76.7 Å². The van der Waals surface area contributed by atoms with E-state index < -0.39 is 18.4 Å². The summed E-state index contributed by atoms with van der Waals surface area (Å²) in [6.07, 6.45) is 5.96. The molecule has 0 amide bonds. The lowest BCUT2D eigenvalue weighted by molar-refractivity contribution is -0.0993. The van der Waals surface area contributed by atoms with Crippen molar-refractivity contribution in [3.8, 4) is 0 Å². The third kappa shape index (κ3) is 3.13. The van der Waals surface area contributed by atoms with Crippen molar-refractivity contribution in [3.05, 3.63) is 0 Å². The highest BCUT2D eigenvalue weighted by Crippen LogP contribution is 2.49. The fraction of sp³-hybridized carbons (Fsp3) is 1.00. The number of rotatable bonds is 2. The predicted molar refractivity (Wildman–Crippen MR) is 80.6 cm³/mol. The van der Waals surface area contributed by atoms with Crippen LogP contribution < -0.4 is 0 Å². The van der Waals surface area contributed by atoms with Gasteiger partial charge in [-0.1, -0.05) is 19.8 Å². The Balaban J connectivity index is 1.62. The zero-order valence-electron chi connectivity index (χ0n) is 13.4. The summed E-state index contributed by atoms with van der Waals surface area (Å²) < 4.78 is 33.8. The second-order valence-electron chi connectivity index (χ2n) is 7.92. The minimum atomic E-state index is -1.42. The second kappa shape index (κ2) is 6.52. The predicted octanol–water partition coefficient (Wildman–Crippen LogP) is 4.94. The lowest BCUT2D eigenvalue weighted by atomic mass is 9.61. The molecule has 0 aromatic carbocycles. The molecule has 0 saturated heterocycles. The van der Waals surface area contributed by atoms with Gasteiger partial charge in [0.2, 0.25) is 0 Å². The first-order valence-corrected chi connectivity index (χ1v) is 8.91. The van der Waals surface area contributed by atoms with E-state index in [9.17, 15) is 8.78 Å². The summed E-state index contributed by atoms with van der Waals surface area (Å²) in [4.78, 5) is 0. The SMILES string of the molecule is COC1CC2CCC(C3CCC(C)CC3)CC2C(F)C1F. The van der Waals surface area contributed by atoms with Gasteiger partial charge < -0.3 is 4.74 Å². The molecule has 3 aliphatic rings. The molecule has 6 atom stereocenters. The van der Waals surface area contributed by atoms with Crippen LogP contribution in [0.25, 0.3) is 0 Å². The van der Waals surface area contributed by atoms with E-state index in [1.165, 1.54) is 39.2 Å². The molecule has 21 heavy (non-hydrogen) atoms. The van der Waals surface area contributed by atoms with Gasteiger partial charge in [-0.2, -0.15) is 0 Å². The number of ether oxygens (including phenoxy) is 1. The summed E-state index contributed by atoms with van der Waals surface area (Å²) in [6.45, 7) is 2.34. The highest BCUT2D eigenvalue weighted by Gasteiger charge is 2.48. The summed E-state index contributed by atoms with van der Waals surface area (Å²) in [5.41, 5.74) is 0. The van der Waals surface area contributed by atoms with Crippen LogP contribution in [0.15, 0.2) is 0 Å². The van der Waals surface area contributed by atoms with Crippen LogP contribution in [0.1, 0.15) is 58.3 Å². The molecule has 122 valence electrons. The number of halogens is 2. The first-order chi connectivity index (χ1) is 10.1. The molecule has 6 unspecified atom stereocenters. The average molecular weight is 300 g/mol. The number of hydrogen-bond donors (Lipinski definition) is 0. The van der Waals surface area contributed by atoms with Crippen LogP contribution in [0.5, 0.6) is 0 Å². The van der Waals surface area contributed by atoms with Gasteiger partial charge in [0.05, 0.1) is 6.10 Å². The Bertz CT molecular complexity index is 338. The van der Waals surface area contributed by atoms with Crippen LogP contribution in [-0.2, 0) is 4.74 Å². The smallest absolute Gasteiger partial charge is 0.157 e. The minimum absolute atomic E-state index is 0.0514. The van der Waals surface area contributed by atoms with Gasteiger partial charge in [-0.05, 0) is 68.1 Å². The Labute approximate surface area is 127 Å². The van der Waals surface area contributed by atoms with Gasteiger partial charge in [0.25, 0.3) is 0 Å². The van der Waals surface area contributed by atoms with E-state index in [2.05, 4.69) is 6.92 Å². The molecule has 3 aliphatic carbocycles. The molecule has 3 fully saturated rings. The maximum absolute atomic E-state index is 14.5. The third-order valence-corrected chi connectivity index (χ3v) is 6.72. The summed E-state index contributed by atoms with van der Waals surface area (Å²) in [5, 5.41) is 0. The molecule has 0 aromatic heterocycles. The van der Waals surface area contributed by atoms with E-state index in [4.69, 9.17) is 4.74 Å². The van der Waals surface area contributed by atoms with E-state index in [0.29, 0.717) is 11.8 Å². The molecule has 0 aromatic rings. The van der Waals surface area contributed by atoms with Crippen LogP contribution in [0.3, 0.4) is 0 Å². The Hall–Kier alpha value is -0.180. The van der Waals surface area contributed by atoms with Crippen molar-refractivity contribution >= 4 is 0 Å². The first kappa shape index (κ1) is 15.7. The number of methoxy groups -OCH3 is 1. The Morgan fingerprint density at radius 3 is 2.05 bits per heavy atom. The highest BCUT2D eigenvalue weighted by atomic mass is 19.2. The summed E-state index contributed by atoms with van der Waals surface area (Å²) in [6, 6.07) is 0. The van der Waals surface area contributed by atoms with Crippen molar-refractivity contribution in [3.63, 3.8) is 0 Å². The summed E-state index contributed by atoms with van der Waals surface area (Å²) in [5.74, 6) is 2.56. The van der Waals surface area contributed by atoms with Crippen molar-refractivity contribution in [2.75, 3.05) is 7.11 Å². The van der Waals surface area contributed by atoms with E-state index in [1.807, 2.05) is 0 Å². The molecule has 3 rings (SSSR count). The Morgan fingerprint density at radius 2 is 1.38 bits per heavy atom. The highest BCUT2D eigenvalue weighted by molar-refractivity contribution is 4.97. The molecule has 0 bridgehead atoms. The van der Waals surface area contributed by atoms with Gasteiger partial charge in [0, 0.05) is 7.11 Å². The molecule has 3 saturated carbocycles. The molecule has 0 radical (unpaired) electrons. The lowest BCUT2D eigenvalue weighted by Gasteiger charge is -2.47. The second-order valence-corrected chi connectivity index (χ2v) is 7.92. The normalized spacial score (nSPS) is 51.4. The van der Waals surface area contributed by atoms with Crippen molar-refractivity contribution in [2.24, 2.45) is 29.6 Å². The van der Waals surface area contributed by atoms with Crippen LogP contribution in [-0.4, -0.2) is 25.6 Å². The Morgan fingerprint density at radius 1 is 0.762 bits per heavy atom. The van der Waals surface area contributed by atoms with Gasteiger partial charge in [-0.3, -0.25) is 0 Å². The zero-order chi connectivity index (χ0) is 15.0. The van der Waals surface area contributed by atoms with Crippen molar-refractivity contribution < 1.29 is 13.5 Å². The fourth-order valence-corrected chi connectivity index (χ4v) is 5.27. The van der Waals surface area contributed by atoms with Gasteiger partial charge in [0.15, 0.2) is 6.17 Å². The standard InChI is InChI=1S/C18H30F2O/c1-11-3-5-12(6-4-11)13-7-8-14-10-16(21-2)18(20)17(19)15(14)9-13/h11-18H,3-10H2,1-2H3. The van der Waals surface area contributed by atoms with Gasteiger partial charge in [-0.25, -0.2) is 8.78 Å². The molecule has 3 heteroatoms. The number of alkyl halides is 2. The zero-order valence-corrected chi connectivity index (χ0v) is 13.4. The monoisotopic (exact) mass is 300 g/mol. The van der Waals surface area contributed by atoms with Crippen LogP contribution >= 0.6 is 0 Å². The maximum atomic E-state index is 14.5. The topological polar surface area (TPSA) is 9.23 Å². The average Bonchev–Trinajstić information content (AvgIpc) is 2.51. The maximum Gasteiger partial charge on any atom is 0.157 e. The van der Waals surface area contributed by atoms with Crippen LogP contribution in [0, 0.1) is 29.6 Å². The van der Waals surface area contributed by atoms with Gasteiger partial charge >= 0.3 is 0 Å². The van der Waals surface area contributed by atoms with E-state index in [0.717, 1.165) is 31.1 Å². The number of fused-ring (bicyclic) bond motifs is 1. The molecule has 0 N–H and O–H groups in total. The van der Waals surface area contributed by atoms with Crippen LogP contribution in [0.4, 0.5) is 8.78 Å². The molecule has 1 nitrogen and oxygen atoms in total. The van der Waals surface area contributed by atoms with E-state index in [-0.39, 0.29) is 5.92 Å². The fourth-order valence-electron chi connectivity index (χ4n) is 5.27. The third-order valence-electron chi connectivity index (χ3n) is 6.72. The molecule has 0 heterocycles. The summed E-state index contributed by atoms with van der Waals surface area (Å²) >= 11 is 0. The van der Waals surface area contributed by atoms with Crippen LogP contribution in [0.2, 0.25) is 0 Å². The van der Waals surface area contributed by atoms with Gasteiger partial charge in [-0.15, -0.1) is 0 Å².